The lowest BCUT2D eigenvalue weighted by Crippen LogP contribution is -1.72. The quantitative estimate of drug-likeness (QED) is 0.679. The van der Waals surface area contributed by atoms with E-state index in [0.29, 0.717) is 0 Å². The molecule has 0 atom stereocenters. The minimum Gasteiger partial charge on any atom is -0.128 e. The topological polar surface area (TPSA) is 0 Å². The molecule has 0 nitrogen and oxygen atoms in total. The van der Waals surface area contributed by atoms with Crippen LogP contribution in [-0.4, -0.2) is 6.26 Å². The van der Waals surface area contributed by atoms with Crippen molar-refractivity contribution in [1.82, 2.24) is 0 Å². The summed E-state index contributed by atoms with van der Waals surface area (Å²) in [5.74, 6) is 0. The Kier molecular flexibility index (Phi) is 2.67. The van der Waals surface area contributed by atoms with Gasteiger partial charge in [0.25, 0.3) is 0 Å². The molecule has 0 saturated heterocycles. The maximum absolute atomic E-state index is 3.62. The van der Waals surface area contributed by atoms with Gasteiger partial charge in [-0.25, -0.2) is 0 Å². The Morgan fingerprint density at radius 3 is 2.85 bits per heavy atom. The maximum Gasteiger partial charge on any atom is 0.0608 e. The summed E-state index contributed by atoms with van der Waals surface area (Å²) in [5.41, 5.74) is 1.31. The number of hydrogen-bond acceptors (Lipinski definition) is 2. The highest BCUT2D eigenvalue weighted by Gasteiger charge is 2.05. The fraction of sp³-hybridized carbons (Fsp3) is 0.200. The van der Waals surface area contributed by atoms with E-state index in [4.69, 9.17) is 0 Å². The van der Waals surface area contributed by atoms with Crippen LogP contribution >= 0.6 is 39.0 Å². The molecule has 0 amide bonds. The molecule has 0 fully saturated rings. The summed E-state index contributed by atoms with van der Waals surface area (Å²) in [6.07, 6.45) is 2.12. The SMILES string of the molecule is CSc1cc2ccc(C)c(Br)c2s1. The number of rotatable bonds is 1. The molecule has 1 heterocycles. The number of halogens is 1. The minimum atomic E-state index is 1.25. The Morgan fingerprint density at radius 2 is 2.15 bits per heavy atom. The van der Waals surface area contributed by atoms with Crippen molar-refractivity contribution >= 4 is 49.1 Å². The molecule has 13 heavy (non-hydrogen) atoms. The first kappa shape index (κ1) is 9.56. The first-order valence-electron chi connectivity index (χ1n) is 3.95. The largest absolute Gasteiger partial charge is 0.128 e. The van der Waals surface area contributed by atoms with Crippen LogP contribution in [0.5, 0.6) is 0 Å². The van der Waals surface area contributed by atoms with Crippen molar-refractivity contribution in [3.63, 3.8) is 0 Å². The smallest absolute Gasteiger partial charge is 0.0608 e. The van der Waals surface area contributed by atoms with E-state index in [0.717, 1.165) is 0 Å². The van der Waals surface area contributed by atoms with Gasteiger partial charge in [-0.1, -0.05) is 12.1 Å². The normalized spacial score (nSPS) is 11.0. The van der Waals surface area contributed by atoms with E-state index in [1.165, 1.54) is 24.3 Å². The Bertz CT molecular complexity index is 445. The summed E-state index contributed by atoms with van der Waals surface area (Å²) in [7, 11) is 0. The average molecular weight is 273 g/mol. The van der Waals surface area contributed by atoms with Crippen molar-refractivity contribution in [2.75, 3.05) is 6.26 Å². The number of aryl methyl sites for hydroxylation is 1. The molecule has 2 aromatic rings. The molecule has 0 spiro atoms. The highest BCUT2D eigenvalue weighted by Crippen LogP contribution is 2.37. The Labute approximate surface area is 94.5 Å². The highest BCUT2D eigenvalue weighted by atomic mass is 79.9. The van der Waals surface area contributed by atoms with E-state index >= 15 is 0 Å². The zero-order valence-corrected chi connectivity index (χ0v) is 10.6. The van der Waals surface area contributed by atoms with Crippen LogP contribution in [0, 0.1) is 6.92 Å². The molecule has 0 radical (unpaired) electrons. The molecule has 0 bridgehead atoms. The zero-order chi connectivity index (χ0) is 9.42. The van der Waals surface area contributed by atoms with Crippen molar-refractivity contribution in [3.05, 3.63) is 28.2 Å². The third-order valence-corrected chi connectivity index (χ3v) is 5.52. The summed E-state index contributed by atoms with van der Waals surface area (Å²) in [6, 6.07) is 6.59. The average Bonchev–Trinajstić information content (AvgIpc) is 2.55. The maximum atomic E-state index is 3.62. The number of thioether (sulfide) groups is 1. The van der Waals surface area contributed by atoms with E-state index in [-0.39, 0.29) is 0 Å². The van der Waals surface area contributed by atoms with Gasteiger partial charge in [0, 0.05) is 9.17 Å². The van der Waals surface area contributed by atoms with E-state index in [2.05, 4.69) is 47.3 Å². The van der Waals surface area contributed by atoms with E-state index in [9.17, 15) is 0 Å². The van der Waals surface area contributed by atoms with Crippen molar-refractivity contribution < 1.29 is 0 Å². The first-order chi connectivity index (χ1) is 6.22. The number of thiophene rings is 1. The van der Waals surface area contributed by atoms with Gasteiger partial charge in [-0.3, -0.25) is 0 Å². The molecule has 68 valence electrons. The molecule has 0 aliphatic rings. The molecule has 0 N–H and O–H groups in total. The molecule has 2 rings (SSSR count). The zero-order valence-electron chi connectivity index (χ0n) is 7.43. The number of hydrogen-bond donors (Lipinski definition) is 0. The molecule has 0 aliphatic heterocycles. The van der Waals surface area contributed by atoms with E-state index in [1.807, 2.05) is 11.3 Å². The van der Waals surface area contributed by atoms with Gasteiger partial charge in [0.2, 0.25) is 0 Å². The van der Waals surface area contributed by atoms with Crippen LogP contribution in [-0.2, 0) is 0 Å². The van der Waals surface area contributed by atoms with Crippen LogP contribution in [0.3, 0.4) is 0 Å². The molecule has 1 aromatic heterocycles. The molecule has 0 saturated carbocycles. The highest BCUT2D eigenvalue weighted by molar-refractivity contribution is 9.10. The summed E-state index contributed by atoms with van der Waals surface area (Å²) < 4.78 is 3.99. The Morgan fingerprint density at radius 1 is 1.38 bits per heavy atom. The van der Waals surface area contributed by atoms with Crippen LogP contribution in [0.15, 0.2) is 26.9 Å². The van der Waals surface area contributed by atoms with Gasteiger partial charge in [-0.05, 0) is 46.1 Å². The van der Waals surface area contributed by atoms with Gasteiger partial charge in [-0.2, -0.15) is 0 Å². The van der Waals surface area contributed by atoms with Crippen molar-refractivity contribution in [1.29, 1.82) is 0 Å². The lowest BCUT2D eigenvalue weighted by atomic mass is 10.2. The van der Waals surface area contributed by atoms with Crippen LogP contribution in [0.1, 0.15) is 5.56 Å². The first-order valence-corrected chi connectivity index (χ1v) is 6.78. The fourth-order valence-electron chi connectivity index (χ4n) is 1.24. The van der Waals surface area contributed by atoms with Gasteiger partial charge >= 0.3 is 0 Å². The van der Waals surface area contributed by atoms with Crippen molar-refractivity contribution in [2.24, 2.45) is 0 Å². The molecular formula is C10H9BrS2. The fourth-order valence-corrected chi connectivity index (χ4v) is 3.56. The second-order valence-electron chi connectivity index (χ2n) is 2.88. The predicted molar refractivity (Wildman–Crippen MR) is 66.0 cm³/mol. The predicted octanol–water partition coefficient (Wildman–Crippen LogP) is 4.69. The Balaban J connectivity index is 2.76. The number of fused-ring (bicyclic) bond motifs is 1. The summed E-state index contributed by atoms with van der Waals surface area (Å²) in [5, 5.41) is 1.34. The van der Waals surface area contributed by atoms with Gasteiger partial charge < -0.3 is 0 Å². The van der Waals surface area contributed by atoms with Crippen molar-refractivity contribution in [2.45, 2.75) is 11.1 Å². The Hall–Kier alpha value is 0.01000. The van der Waals surface area contributed by atoms with Gasteiger partial charge in [0.1, 0.15) is 0 Å². The van der Waals surface area contributed by atoms with Crippen LogP contribution in [0.25, 0.3) is 10.1 Å². The minimum absolute atomic E-state index is 1.25. The van der Waals surface area contributed by atoms with Gasteiger partial charge in [-0.15, -0.1) is 23.1 Å². The lowest BCUT2D eigenvalue weighted by molar-refractivity contribution is 1.48. The molecule has 1 aromatic carbocycles. The summed E-state index contributed by atoms with van der Waals surface area (Å²) >= 11 is 7.29. The third-order valence-electron chi connectivity index (χ3n) is 2.00. The monoisotopic (exact) mass is 272 g/mol. The molecule has 0 unspecified atom stereocenters. The third kappa shape index (κ3) is 1.65. The van der Waals surface area contributed by atoms with Crippen molar-refractivity contribution in [3.8, 4) is 0 Å². The molecule has 0 aliphatic carbocycles. The standard InChI is InChI=1S/C10H9BrS2/c1-6-3-4-7-5-8(12-2)13-10(7)9(6)11/h3-5H,1-2H3. The van der Waals surface area contributed by atoms with Gasteiger partial charge in [0.15, 0.2) is 0 Å². The second-order valence-corrected chi connectivity index (χ2v) is 5.84. The van der Waals surface area contributed by atoms with Gasteiger partial charge in [0.05, 0.1) is 4.21 Å². The summed E-state index contributed by atoms with van der Waals surface area (Å²) in [6.45, 7) is 2.13. The van der Waals surface area contributed by atoms with E-state index in [1.54, 1.807) is 11.8 Å². The second kappa shape index (κ2) is 3.64. The lowest BCUT2D eigenvalue weighted by Gasteiger charge is -1.97. The van der Waals surface area contributed by atoms with E-state index < -0.39 is 0 Å². The van der Waals surface area contributed by atoms with Crippen LogP contribution < -0.4 is 0 Å². The molecule has 3 heteroatoms. The summed E-state index contributed by atoms with van der Waals surface area (Å²) in [4.78, 5) is 0. The number of benzene rings is 1. The van der Waals surface area contributed by atoms with Crippen LogP contribution in [0.4, 0.5) is 0 Å². The van der Waals surface area contributed by atoms with Crippen LogP contribution in [0.2, 0.25) is 0 Å². The molecular weight excluding hydrogens is 264 g/mol.